The van der Waals surface area contributed by atoms with Crippen LogP contribution in [0.25, 0.3) is 0 Å². The lowest BCUT2D eigenvalue weighted by Crippen LogP contribution is -2.45. The van der Waals surface area contributed by atoms with Gasteiger partial charge in [0.25, 0.3) is 0 Å². The third kappa shape index (κ3) is 3.61. The largest absolute Gasteiger partial charge is 0.481 e. The molecule has 0 spiro atoms. The van der Waals surface area contributed by atoms with Gasteiger partial charge >= 0.3 is 12.0 Å². The molecule has 0 aromatic carbocycles. The summed E-state index contributed by atoms with van der Waals surface area (Å²) < 4.78 is 0. The Bertz CT molecular complexity index is 399. The highest BCUT2D eigenvalue weighted by Gasteiger charge is 2.33. The van der Waals surface area contributed by atoms with E-state index in [0.29, 0.717) is 26.1 Å². The van der Waals surface area contributed by atoms with Crippen molar-refractivity contribution in [3.63, 3.8) is 0 Å². The fraction of sp³-hybridized carbons (Fsp3) is 0.769. The highest BCUT2D eigenvalue weighted by Crippen LogP contribution is 2.31. The molecule has 20 heavy (non-hydrogen) atoms. The van der Waals surface area contributed by atoms with E-state index in [2.05, 4.69) is 10.6 Å². The zero-order chi connectivity index (χ0) is 14.5. The van der Waals surface area contributed by atoms with Crippen molar-refractivity contribution >= 4 is 17.9 Å². The number of nitrogens with zero attached hydrogens (tertiary/aromatic N) is 1. The maximum Gasteiger partial charge on any atom is 0.317 e. The Hall–Kier alpha value is -1.79. The first-order valence-electron chi connectivity index (χ1n) is 7.10. The first kappa shape index (κ1) is 14.6. The first-order valence-corrected chi connectivity index (χ1v) is 7.10. The van der Waals surface area contributed by atoms with Gasteiger partial charge in [0, 0.05) is 19.6 Å². The Morgan fingerprint density at radius 1 is 1.35 bits per heavy atom. The second-order valence-electron chi connectivity index (χ2n) is 5.45. The van der Waals surface area contributed by atoms with Gasteiger partial charge in [-0.25, -0.2) is 4.79 Å². The van der Waals surface area contributed by atoms with Gasteiger partial charge in [0.05, 0.1) is 5.92 Å². The van der Waals surface area contributed by atoms with Crippen LogP contribution in [-0.2, 0) is 9.59 Å². The molecule has 7 nitrogen and oxygen atoms in total. The summed E-state index contributed by atoms with van der Waals surface area (Å²) in [5, 5.41) is 14.6. The number of hydrogen-bond donors (Lipinski definition) is 3. The summed E-state index contributed by atoms with van der Waals surface area (Å²) in [6, 6.07) is -0.280. The smallest absolute Gasteiger partial charge is 0.317 e. The fourth-order valence-corrected chi connectivity index (χ4v) is 2.92. The molecule has 1 aliphatic carbocycles. The van der Waals surface area contributed by atoms with Crippen LogP contribution < -0.4 is 10.6 Å². The van der Waals surface area contributed by atoms with Crippen LogP contribution in [0.5, 0.6) is 0 Å². The molecule has 1 heterocycles. The van der Waals surface area contributed by atoms with Gasteiger partial charge in [-0.15, -0.1) is 0 Å². The summed E-state index contributed by atoms with van der Waals surface area (Å²) in [4.78, 5) is 36.0. The van der Waals surface area contributed by atoms with Crippen LogP contribution in [0.2, 0.25) is 0 Å². The molecular weight excluding hydrogens is 262 g/mol. The highest BCUT2D eigenvalue weighted by molar-refractivity contribution is 5.84. The van der Waals surface area contributed by atoms with Crippen LogP contribution in [0.1, 0.15) is 25.7 Å². The molecular formula is C13H21N3O4. The number of amides is 3. The van der Waals surface area contributed by atoms with Crippen molar-refractivity contribution in [1.82, 2.24) is 15.5 Å². The van der Waals surface area contributed by atoms with E-state index in [1.165, 1.54) is 4.90 Å². The van der Waals surface area contributed by atoms with Gasteiger partial charge in [-0.2, -0.15) is 0 Å². The molecule has 0 radical (unpaired) electrons. The number of aliphatic carboxylic acids is 1. The Labute approximate surface area is 117 Å². The van der Waals surface area contributed by atoms with Crippen molar-refractivity contribution in [2.24, 2.45) is 11.8 Å². The van der Waals surface area contributed by atoms with Crippen LogP contribution in [0.15, 0.2) is 0 Å². The zero-order valence-electron chi connectivity index (χ0n) is 11.4. The van der Waals surface area contributed by atoms with Crippen LogP contribution in [-0.4, -0.2) is 54.1 Å². The number of nitrogens with one attached hydrogen (secondary N) is 2. The number of urea groups is 1. The van der Waals surface area contributed by atoms with Crippen molar-refractivity contribution in [3.8, 4) is 0 Å². The van der Waals surface area contributed by atoms with E-state index in [4.69, 9.17) is 5.11 Å². The second kappa shape index (κ2) is 6.58. The number of rotatable bonds is 3. The van der Waals surface area contributed by atoms with Crippen molar-refractivity contribution < 1.29 is 19.5 Å². The van der Waals surface area contributed by atoms with Gasteiger partial charge in [-0.1, -0.05) is 6.42 Å². The molecule has 7 heteroatoms. The average molecular weight is 283 g/mol. The minimum Gasteiger partial charge on any atom is -0.481 e. The maximum atomic E-state index is 12.0. The Morgan fingerprint density at radius 3 is 2.90 bits per heavy atom. The molecule has 2 fully saturated rings. The monoisotopic (exact) mass is 283 g/mol. The molecule has 2 rings (SSSR count). The standard InChI is InChI=1S/C13H21N3O4/c17-11-8-16(6-2-5-14-11)13(20)15-7-9-3-1-4-10(9)12(18)19/h9-10H,1-8H2,(H,14,17)(H,15,20)(H,18,19). The predicted molar refractivity (Wildman–Crippen MR) is 71.1 cm³/mol. The molecule has 1 aliphatic heterocycles. The maximum absolute atomic E-state index is 12.0. The van der Waals surface area contributed by atoms with E-state index in [1.807, 2.05) is 0 Å². The third-order valence-corrected chi connectivity index (χ3v) is 4.04. The zero-order valence-corrected chi connectivity index (χ0v) is 11.4. The summed E-state index contributed by atoms with van der Waals surface area (Å²) in [5.41, 5.74) is 0. The topological polar surface area (TPSA) is 98.7 Å². The van der Waals surface area contributed by atoms with E-state index in [9.17, 15) is 14.4 Å². The summed E-state index contributed by atoms with van der Waals surface area (Å²) >= 11 is 0. The van der Waals surface area contributed by atoms with Gasteiger partial charge in [-0.3, -0.25) is 9.59 Å². The molecule has 3 amide bonds. The van der Waals surface area contributed by atoms with Gasteiger partial charge < -0.3 is 20.6 Å². The third-order valence-electron chi connectivity index (χ3n) is 4.04. The van der Waals surface area contributed by atoms with E-state index >= 15 is 0 Å². The summed E-state index contributed by atoms with van der Waals surface area (Å²) in [6.45, 7) is 1.57. The number of carbonyl (C=O) groups is 3. The lowest BCUT2D eigenvalue weighted by Gasteiger charge is -2.22. The van der Waals surface area contributed by atoms with E-state index in [-0.39, 0.29) is 30.3 Å². The van der Waals surface area contributed by atoms with E-state index < -0.39 is 5.97 Å². The fourth-order valence-electron chi connectivity index (χ4n) is 2.92. The van der Waals surface area contributed by atoms with Gasteiger partial charge in [0.2, 0.25) is 5.91 Å². The average Bonchev–Trinajstić information content (AvgIpc) is 2.77. The van der Waals surface area contributed by atoms with E-state index in [0.717, 1.165) is 19.3 Å². The molecule has 2 unspecified atom stereocenters. The molecule has 1 saturated carbocycles. The molecule has 0 bridgehead atoms. The Morgan fingerprint density at radius 2 is 2.15 bits per heavy atom. The van der Waals surface area contributed by atoms with Gasteiger partial charge in [-0.05, 0) is 25.2 Å². The van der Waals surface area contributed by atoms with Crippen molar-refractivity contribution in [1.29, 1.82) is 0 Å². The predicted octanol–water partition coefficient (Wildman–Crippen LogP) is 0.0188. The number of carbonyl (C=O) groups excluding carboxylic acids is 2. The molecule has 112 valence electrons. The van der Waals surface area contributed by atoms with Gasteiger partial charge in [0.15, 0.2) is 0 Å². The quantitative estimate of drug-likeness (QED) is 0.680. The van der Waals surface area contributed by atoms with Crippen LogP contribution in [0.4, 0.5) is 4.79 Å². The molecule has 2 aliphatic rings. The lowest BCUT2D eigenvalue weighted by molar-refractivity contribution is -0.142. The normalized spacial score (nSPS) is 26.8. The van der Waals surface area contributed by atoms with Crippen LogP contribution >= 0.6 is 0 Å². The molecule has 0 aromatic rings. The minimum absolute atomic E-state index is 0.00254. The summed E-state index contributed by atoms with van der Waals surface area (Å²) in [5.74, 6) is -1.29. The molecule has 1 saturated heterocycles. The Balaban J connectivity index is 1.82. The number of carboxylic acid groups (broad SMARTS) is 1. The minimum atomic E-state index is -0.782. The van der Waals surface area contributed by atoms with Crippen molar-refractivity contribution in [2.75, 3.05) is 26.2 Å². The molecule has 3 N–H and O–H groups in total. The highest BCUT2D eigenvalue weighted by atomic mass is 16.4. The van der Waals surface area contributed by atoms with E-state index in [1.54, 1.807) is 0 Å². The summed E-state index contributed by atoms with van der Waals surface area (Å²) in [6.07, 6.45) is 3.14. The second-order valence-corrected chi connectivity index (χ2v) is 5.45. The van der Waals surface area contributed by atoms with Crippen LogP contribution in [0.3, 0.4) is 0 Å². The first-order chi connectivity index (χ1) is 9.58. The van der Waals surface area contributed by atoms with Gasteiger partial charge in [0.1, 0.15) is 6.54 Å². The molecule has 0 aromatic heterocycles. The lowest BCUT2D eigenvalue weighted by atomic mass is 9.96. The Kier molecular flexibility index (Phi) is 4.81. The number of hydrogen-bond acceptors (Lipinski definition) is 3. The van der Waals surface area contributed by atoms with Crippen molar-refractivity contribution in [3.05, 3.63) is 0 Å². The summed E-state index contributed by atoms with van der Waals surface area (Å²) in [7, 11) is 0. The molecule has 2 atom stereocenters. The number of carboxylic acids is 1. The SMILES string of the molecule is O=C1CN(C(=O)NCC2CCCC2C(=O)O)CCCN1. The van der Waals surface area contributed by atoms with Crippen LogP contribution in [0, 0.1) is 11.8 Å². The van der Waals surface area contributed by atoms with Crippen molar-refractivity contribution in [2.45, 2.75) is 25.7 Å².